The van der Waals surface area contributed by atoms with Gasteiger partial charge in [0.25, 0.3) is 0 Å². The van der Waals surface area contributed by atoms with Gasteiger partial charge in [-0.25, -0.2) is 9.97 Å². The Morgan fingerprint density at radius 2 is 1.92 bits per heavy atom. The maximum absolute atomic E-state index is 8.36. The Morgan fingerprint density at radius 1 is 1.17 bits per heavy atom. The molecule has 3 rings (SSSR count). The first kappa shape index (κ1) is 16.0. The number of hydrogen-bond donors (Lipinski definition) is 0. The van der Waals surface area contributed by atoms with Gasteiger partial charge in [0.05, 0.1) is 5.52 Å². The molecular weight excluding hydrogens is 300 g/mol. The molecule has 0 saturated carbocycles. The summed E-state index contributed by atoms with van der Waals surface area (Å²) in [5.74, 6) is 1.01. The normalized spacial score (nSPS) is 10.8. The lowest BCUT2D eigenvalue weighted by Crippen LogP contribution is -2.01. The van der Waals surface area contributed by atoms with Crippen molar-refractivity contribution >= 4 is 11.2 Å². The maximum Gasteiger partial charge on any atom is 0.178 e. The molecular formula is C18H20N6. The van der Waals surface area contributed by atoms with Gasteiger partial charge in [0.2, 0.25) is 0 Å². The first-order chi connectivity index (χ1) is 11.6. The van der Waals surface area contributed by atoms with Crippen LogP contribution in [0.5, 0.6) is 0 Å². The minimum absolute atomic E-state index is 0.479. The van der Waals surface area contributed by atoms with Crippen molar-refractivity contribution in [2.45, 2.75) is 33.6 Å². The highest BCUT2D eigenvalue weighted by atomic mass is 15.1. The summed E-state index contributed by atoms with van der Waals surface area (Å²) in [7, 11) is 0. The molecule has 2 aromatic heterocycles. The molecule has 122 valence electrons. The van der Waals surface area contributed by atoms with Crippen molar-refractivity contribution in [3.05, 3.63) is 63.4 Å². The lowest BCUT2D eigenvalue weighted by atomic mass is 10.1. The Morgan fingerprint density at radius 3 is 2.58 bits per heavy atom. The zero-order chi connectivity index (χ0) is 17.1. The van der Waals surface area contributed by atoms with Gasteiger partial charge in [-0.05, 0) is 55.1 Å². The van der Waals surface area contributed by atoms with E-state index < -0.39 is 0 Å². The molecule has 0 bridgehead atoms. The van der Waals surface area contributed by atoms with Gasteiger partial charge in [-0.2, -0.15) is 0 Å². The number of aromatic nitrogens is 3. The Balaban J connectivity index is 2.06. The Hall–Kier alpha value is -2.85. The van der Waals surface area contributed by atoms with Gasteiger partial charge in [-0.1, -0.05) is 24.2 Å². The predicted octanol–water partition coefficient (Wildman–Crippen LogP) is 4.45. The van der Waals surface area contributed by atoms with Crippen LogP contribution < -0.4 is 0 Å². The van der Waals surface area contributed by atoms with Crippen molar-refractivity contribution in [1.29, 1.82) is 0 Å². The fourth-order valence-corrected chi connectivity index (χ4v) is 3.02. The summed E-state index contributed by atoms with van der Waals surface area (Å²) in [6, 6.07) is 10.4. The van der Waals surface area contributed by atoms with E-state index in [9.17, 15) is 0 Å². The van der Waals surface area contributed by atoms with Gasteiger partial charge in [-0.3, -0.25) is 4.57 Å². The third kappa shape index (κ3) is 2.96. The number of imidazole rings is 1. The van der Waals surface area contributed by atoms with E-state index in [4.69, 9.17) is 10.5 Å². The minimum Gasteiger partial charge on any atom is -0.294 e. The van der Waals surface area contributed by atoms with E-state index in [1.165, 1.54) is 5.56 Å². The van der Waals surface area contributed by atoms with Gasteiger partial charge in [0, 0.05) is 29.3 Å². The fraction of sp³-hybridized carbons (Fsp3) is 0.333. The molecule has 6 nitrogen and oxygen atoms in total. The van der Waals surface area contributed by atoms with Crippen molar-refractivity contribution in [2.75, 3.05) is 6.54 Å². The highest BCUT2D eigenvalue weighted by molar-refractivity contribution is 5.78. The smallest absolute Gasteiger partial charge is 0.178 e. The SMILES string of the molecule is CCc1nc2nc(C)cc(C)c2n1-c1ccc(CCN=[N+]=[N-])cc1. The van der Waals surface area contributed by atoms with Gasteiger partial charge in [0.1, 0.15) is 5.82 Å². The summed E-state index contributed by atoms with van der Waals surface area (Å²) in [6.45, 7) is 6.68. The van der Waals surface area contributed by atoms with Crippen molar-refractivity contribution in [1.82, 2.24) is 14.5 Å². The third-order valence-electron chi connectivity index (χ3n) is 4.08. The minimum atomic E-state index is 0.479. The number of benzene rings is 1. The van der Waals surface area contributed by atoms with Crippen LogP contribution >= 0.6 is 0 Å². The standard InChI is InChI=1S/C18H20N6/c1-4-16-22-18-17(12(2)11-13(3)21-18)24(16)15-7-5-14(6-8-15)9-10-20-23-19/h5-8,11H,4,9-10H2,1-3H3. The number of azide groups is 1. The molecule has 0 radical (unpaired) electrons. The largest absolute Gasteiger partial charge is 0.294 e. The van der Waals surface area contributed by atoms with Crippen LogP contribution in [0.25, 0.3) is 27.3 Å². The van der Waals surface area contributed by atoms with Gasteiger partial charge in [-0.15, -0.1) is 0 Å². The molecule has 1 aromatic carbocycles. The van der Waals surface area contributed by atoms with Crippen LogP contribution in [0.2, 0.25) is 0 Å². The van der Waals surface area contributed by atoms with E-state index in [-0.39, 0.29) is 0 Å². The number of pyridine rings is 1. The van der Waals surface area contributed by atoms with E-state index in [1.807, 2.05) is 6.92 Å². The van der Waals surface area contributed by atoms with Gasteiger partial charge in [0.15, 0.2) is 5.65 Å². The monoisotopic (exact) mass is 320 g/mol. The van der Waals surface area contributed by atoms with Crippen molar-refractivity contribution in [2.24, 2.45) is 5.11 Å². The molecule has 2 heterocycles. The highest BCUT2D eigenvalue weighted by Gasteiger charge is 2.14. The van der Waals surface area contributed by atoms with Crippen LogP contribution in [-0.2, 0) is 12.8 Å². The summed E-state index contributed by atoms with van der Waals surface area (Å²) < 4.78 is 2.19. The number of fused-ring (bicyclic) bond motifs is 1. The van der Waals surface area contributed by atoms with Crippen LogP contribution in [0.15, 0.2) is 35.4 Å². The quantitative estimate of drug-likeness (QED) is 0.395. The van der Waals surface area contributed by atoms with Gasteiger partial charge >= 0.3 is 0 Å². The topological polar surface area (TPSA) is 79.5 Å². The Labute approximate surface area is 140 Å². The Kier molecular flexibility index (Phi) is 4.49. The van der Waals surface area contributed by atoms with E-state index in [0.29, 0.717) is 6.54 Å². The molecule has 0 unspecified atom stereocenters. The predicted molar refractivity (Wildman–Crippen MR) is 95.4 cm³/mol. The first-order valence-electron chi connectivity index (χ1n) is 8.09. The second-order valence-electron chi connectivity index (χ2n) is 5.84. The molecule has 0 fully saturated rings. The van der Waals surface area contributed by atoms with E-state index in [0.717, 1.165) is 46.8 Å². The number of nitrogens with zero attached hydrogens (tertiary/aromatic N) is 6. The van der Waals surface area contributed by atoms with E-state index >= 15 is 0 Å². The average Bonchev–Trinajstić information content (AvgIpc) is 2.94. The molecule has 0 aliphatic heterocycles. The molecule has 0 spiro atoms. The molecule has 0 N–H and O–H groups in total. The van der Waals surface area contributed by atoms with Crippen LogP contribution in [-0.4, -0.2) is 21.1 Å². The molecule has 0 aliphatic rings. The van der Waals surface area contributed by atoms with Crippen LogP contribution in [0.4, 0.5) is 0 Å². The van der Waals surface area contributed by atoms with Crippen molar-refractivity contribution < 1.29 is 0 Å². The average molecular weight is 320 g/mol. The summed E-state index contributed by atoms with van der Waals surface area (Å²) in [5, 5.41) is 3.58. The van der Waals surface area contributed by atoms with Crippen LogP contribution in [0, 0.1) is 13.8 Å². The van der Waals surface area contributed by atoms with E-state index in [2.05, 4.69) is 63.8 Å². The molecule has 6 heteroatoms. The number of aryl methyl sites for hydroxylation is 3. The first-order valence-corrected chi connectivity index (χ1v) is 8.09. The lowest BCUT2D eigenvalue weighted by Gasteiger charge is -2.10. The number of hydrogen-bond acceptors (Lipinski definition) is 3. The summed E-state index contributed by atoms with van der Waals surface area (Å²) >= 11 is 0. The van der Waals surface area contributed by atoms with Crippen LogP contribution in [0.1, 0.15) is 29.6 Å². The van der Waals surface area contributed by atoms with Gasteiger partial charge < -0.3 is 0 Å². The summed E-state index contributed by atoms with van der Waals surface area (Å²) in [6.07, 6.45) is 1.59. The van der Waals surface area contributed by atoms with Crippen molar-refractivity contribution in [3.8, 4) is 5.69 Å². The zero-order valence-corrected chi connectivity index (χ0v) is 14.2. The summed E-state index contributed by atoms with van der Waals surface area (Å²) in [5.41, 5.74) is 14.6. The van der Waals surface area contributed by atoms with E-state index in [1.54, 1.807) is 0 Å². The second kappa shape index (κ2) is 6.72. The zero-order valence-electron chi connectivity index (χ0n) is 14.2. The molecule has 0 saturated heterocycles. The van der Waals surface area contributed by atoms with Crippen molar-refractivity contribution in [3.63, 3.8) is 0 Å². The molecule has 0 aliphatic carbocycles. The lowest BCUT2D eigenvalue weighted by molar-refractivity contribution is 0.903. The molecule has 3 aromatic rings. The summed E-state index contributed by atoms with van der Waals surface area (Å²) in [4.78, 5) is 12.1. The third-order valence-corrected chi connectivity index (χ3v) is 4.08. The second-order valence-corrected chi connectivity index (χ2v) is 5.84. The highest BCUT2D eigenvalue weighted by Crippen LogP contribution is 2.24. The molecule has 24 heavy (non-hydrogen) atoms. The number of rotatable bonds is 5. The molecule has 0 amide bonds. The molecule has 0 atom stereocenters. The fourth-order valence-electron chi connectivity index (χ4n) is 3.02. The maximum atomic E-state index is 8.36. The van der Waals surface area contributed by atoms with Crippen LogP contribution in [0.3, 0.4) is 0 Å². The Bertz CT molecular complexity index is 917.